The van der Waals surface area contributed by atoms with Crippen LogP contribution in [0.25, 0.3) is 17.0 Å². The fourth-order valence-corrected chi connectivity index (χ4v) is 4.42. The number of carbonyl (C=O) groups excluding carboxylic acids is 1. The Kier molecular flexibility index (Phi) is 12.8. The molecular formula is C26H35BrF3N3O4S. The molecule has 0 bridgehead atoms. The fraction of sp³-hybridized carbons (Fsp3) is 0.423. The molecule has 7 nitrogen and oxygen atoms in total. The molecular weight excluding hydrogens is 587 g/mol. The van der Waals surface area contributed by atoms with Crippen molar-refractivity contribution in [3.8, 4) is 11.3 Å². The number of H-pyrrole nitrogens is 1. The Morgan fingerprint density at radius 1 is 1.13 bits per heavy atom. The number of likely N-dealkylation sites (N-methyl/N-ethyl adjacent to an activating group) is 2. The summed E-state index contributed by atoms with van der Waals surface area (Å²) in [5.74, 6) is -0.614. The molecule has 1 N–H and O–H groups in total. The van der Waals surface area contributed by atoms with Crippen LogP contribution in [0.15, 0.2) is 57.9 Å². The summed E-state index contributed by atoms with van der Waals surface area (Å²) in [4.78, 5) is 18.6. The Hall–Kier alpha value is -2.57. The Morgan fingerprint density at radius 2 is 1.74 bits per heavy atom. The predicted molar refractivity (Wildman–Crippen MR) is 148 cm³/mol. The average Bonchev–Trinajstić information content (AvgIpc) is 3.27. The lowest BCUT2D eigenvalue weighted by Crippen LogP contribution is -2.29. The van der Waals surface area contributed by atoms with Crippen LogP contribution in [-0.4, -0.2) is 82.4 Å². The van der Waals surface area contributed by atoms with Crippen LogP contribution < -0.4 is 0 Å². The van der Waals surface area contributed by atoms with Gasteiger partial charge in [-0.1, -0.05) is 39.0 Å². The first-order chi connectivity index (χ1) is 17.5. The van der Waals surface area contributed by atoms with Gasteiger partial charge in [-0.3, -0.25) is 4.79 Å². The molecule has 0 unspecified atom stereocenters. The monoisotopic (exact) mass is 621 g/mol. The van der Waals surface area contributed by atoms with Gasteiger partial charge in [0.15, 0.2) is 9.84 Å². The molecule has 12 heteroatoms. The number of alkyl halides is 3. The summed E-state index contributed by atoms with van der Waals surface area (Å²) in [6.45, 7) is 7.72. The van der Waals surface area contributed by atoms with Crippen molar-refractivity contribution in [2.24, 2.45) is 0 Å². The lowest BCUT2D eigenvalue weighted by atomic mass is 10.1. The van der Waals surface area contributed by atoms with E-state index in [-0.39, 0.29) is 33.9 Å². The topological polar surface area (TPSA) is 82.7 Å². The summed E-state index contributed by atoms with van der Waals surface area (Å²) in [6.07, 6.45) is -2.38. The van der Waals surface area contributed by atoms with Gasteiger partial charge in [-0.2, -0.15) is 13.2 Å². The third-order valence-corrected chi connectivity index (χ3v) is 6.84. The van der Waals surface area contributed by atoms with Crippen LogP contribution in [-0.2, 0) is 19.4 Å². The second kappa shape index (κ2) is 14.5. The number of nitrogens with one attached hydrogen (secondary N) is 1. The van der Waals surface area contributed by atoms with E-state index in [2.05, 4.69) is 41.3 Å². The van der Waals surface area contributed by atoms with Crippen molar-refractivity contribution in [2.45, 2.75) is 31.3 Å². The average molecular weight is 623 g/mol. The first kappa shape index (κ1) is 33.5. The van der Waals surface area contributed by atoms with Gasteiger partial charge in [-0.05, 0) is 59.9 Å². The Labute approximate surface area is 231 Å². The molecule has 0 aliphatic carbocycles. The van der Waals surface area contributed by atoms with Crippen LogP contribution >= 0.6 is 15.9 Å². The standard InChI is InChI=1S/C23H27BrF3N3O4S.C3H8/c1-15(23(25,26)27)21(24)22(30(4)14-20(31)34-12-11-29(2)3)19-10-9-18(28-19)16-7-6-8-17(13-16)35(5,32)33;1-3-2/h6-10,13,28H,1,11-12,14H2,2-5H3;3H2,1-2H3/b22-21+;. The molecule has 2 aromatic rings. The second-order valence-electron chi connectivity index (χ2n) is 8.81. The highest BCUT2D eigenvalue weighted by atomic mass is 79.9. The molecule has 212 valence electrons. The van der Waals surface area contributed by atoms with Gasteiger partial charge in [0.2, 0.25) is 0 Å². The minimum atomic E-state index is -4.71. The van der Waals surface area contributed by atoms with E-state index in [9.17, 15) is 26.4 Å². The van der Waals surface area contributed by atoms with E-state index in [1.54, 1.807) is 18.2 Å². The number of carbonyl (C=O) groups is 1. The number of rotatable bonds is 10. The van der Waals surface area contributed by atoms with Crippen molar-refractivity contribution in [1.82, 2.24) is 14.8 Å². The summed E-state index contributed by atoms with van der Waals surface area (Å²) >= 11 is 3.01. The van der Waals surface area contributed by atoms with Gasteiger partial charge in [-0.15, -0.1) is 0 Å². The SMILES string of the molecule is C=C(/C(Br)=C(/c1ccc(-c2cccc(S(C)(=O)=O)c2)[nH]1)N(C)CC(=O)OCCN(C)C)C(F)(F)F.CCC. The maximum atomic E-state index is 13.4. The van der Waals surface area contributed by atoms with Gasteiger partial charge in [-0.25, -0.2) is 8.42 Å². The number of sulfone groups is 1. The Balaban J connectivity index is 0.00000229. The number of nitrogens with zero attached hydrogens (tertiary/aromatic N) is 2. The van der Waals surface area contributed by atoms with E-state index in [4.69, 9.17) is 4.74 Å². The smallest absolute Gasteiger partial charge is 0.417 e. The zero-order chi connectivity index (χ0) is 29.3. The molecule has 0 radical (unpaired) electrons. The first-order valence-electron chi connectivity index (χ1n) is 11.7. The molecule has 0 amide bonds. The normalized spacial score (nSPS) is 12.4. The highest BCUT2D eigenvalue weighted by molar-refractivity contribution is 9.12. The lowest BCUT2D eigenvalue weighted by molar-refractivity contribution is -0.144. The van der Waals surface area contributed by atoms with Crippen molar-refractivity contribution < 1.29 is 31.1 Å². The van der Waals surface area contributed by atoms with E-state index >= 15 is 0 Å². The number of hydrogen-bond donors (Lipinski definition) is 1. The Bertz CT molecular complexity index is 1240. The minimum Gasteiger partial charge on any atom is -0.463 e. The van der Waals surface area contributed by atoms with Crippen molar-refractivity contribution in [1.29, 1.82) is 0 Å². The highest BCUT2D eigenvalue weighted by Crippen LogP contribution is 2.38. The molecule has 0 spiro atoms. The largest absolute Gasteiger partial charge is 0.463 e. The van der Waals surface area contributed by atoms with Crippen molar-refractivity contribution in [3.63, 3.8) is 0 Å². The number of esters is 1. The van der Waals surface area contributed by atoms with Crippen molar-refractivity contribution >= 4 is 37.4 Å². The lowest BCUT2D eigenvalue weighted by Gasteiger charge is -2.24. The summed E-state index contributed by atoms with van der Waals surface area (Å²) in [5, 5.41) is 0. The molecule has 0 aliphatic rings. The van der Waals surface area contributed by atoms with Gasteiger partial charge in [0.05, 0.1) is 26.3 Å². The zero-order valence-corrected chi connectivity index (χ0v) is 24.8. The van der Waals surface area contributed by atoms with Gasteiger partial charge in [0.1, 0.15) is 13.2 Å². The molecule has 38 heavy (non-hydrogen) atoms. The third-order valence-electron chi connectivity index (χ3n) is 4.88. The first-order valence-corrected chi connectivity index (χ1v) is 14.4. The van der Waals surface area contributed by atoms with Gasteiger partial charge in [0, 0.05) is 25.5 Å². The van der Waals surface area contributed by atoms with E-state index in [0.717, 1.165) is 6.26 Å². The quantitative estimate of drug-likeness (QED) is 0.270. The molecule has 2 rings (SSSR count). The number of hydrogen-bond acceptors (Lipinski definition) is 6. The van der Waals surface area contributed by atoms with E-state index < -0.39 is 27.6 Å². The molecule has 1 heterocycles. The molecule has 0 saturated heterocycles. The van der Waals surface area contributed by atoms with E-state index in [1.165, 1.54) is 36.6 Å². The van der Waals surface area contributed by atoms with E-state index in [0.29, 0.717) is 17.8 Å². The maximum absolute atomic E-state index is 13.4. The Morgan fingerprint density at radius 3 is 2.26 bits per heavy atom. The summed E-state index contributed by atoms with van der Waals surface area (Å²) < 4.78 is 68.9. The summed E-state index contributed by atoms with van der Waals surface area (Å²) in [5.41, 5.74) is 0.154. The van der Waals surface area contributed by atoms with Gasteiger partial charge >= 0.3 is 12.1 Å². The highest BCUT2D eigenvalue weighted by Gasteiger charge is 2.36. The minimum absolute atomic E-state index is 0.0300. The molecule has 1 aromatic carbocycles. The number of halogens is 4. The summed E-state index contributed by atoms with van der Waals surface area (Å²) in [7, 11) is 1.63. The van der Waals surface area contributed by atoms with Crippen LogP contribution in [0, 0.1) is 0 Å². The number of aromatic nitrogens is 1. The number of allylic oxidation sites excluding steroid dienone is 2. The van der Waals surface area contributed by atoms with E-state index in [1.807, 2.05) is 19.0 Å². The fourth-order valence-electron chi connectivity index (χ4n) is 3.02. The van der Waals surface area contributed by atoms with Gasteiger partial charge in [0.25, 0.3) is 0 Å². The molecule has 0 fully saturated rings. The number of ether oxygens (including phenoxy) is 1. The van der Waals surface area contributed by atoms with Crippen molar-refractivity contribution in [2.75, 3.05) is 47.1 Å². The third kappa shape index (κ3) is 10.3. The van der Waals surface area contributed by atoms with Crippen molar-refractivity contribution in [3.05, 3.63) is 58.7 Å². The predicted octanol–water partition coefficient (Wildman–Crippen LogP) is 5.72. The molecule has 1 aromatic heterocycles. The van der Waals surface area contributed by atoms with Crippen LogP contribution in [0.3, 0.4) is 0 Å². The van der Waals surface area contributed by atoms with Crippen LogP contribution in [0.1, 0.15) is 26.0 Å². The number of benzene rings is 1. The van der Waals surface area contributed by atoms with Crippen LogP contribution in [0.5, 0.6) is 0 Å². The molecule has 0 aliphatic heterocycles. The zero-order valence-electron chi connectivity index (χ0n) is 22.4. The summed E-state index contributed by atoms with van der Waals surface area (Å²) in [6, 6.07) is 9.30. The molecule has 0 saturated carbocycles. The maximum Gasteiger partial charge on any atom is 0.417 e. The number of aromatic amines is 1. The van der Waals surface area contributed by atoms with Gasteiger partial charge < -0.3 is 19.5 Å². The molecule has 0 atom stereocenters. The van der Waals surface area contributed by atoms with Crippen LogP contribution in [0.2, 0.25) is 0 Å². The van der Waals surface area contributed by atoms with Crippen LogP contribution in [0.4, 0.5) is 13.2 Å². The second-order valence-corrected chi connectivity index (χ2v) is 11.6.